The molecule has 5 heteroatoms. The maximum absolute atomic E-state index is 11.8. The number of aromatic nitrogens is 1. The second kappa shape index (κ2) is 8.62. The summed E-state index contributed by atoms with van der Waals surface area (Å²) in [5, 5.41) is 13.3. The van der Waals surface area contributed by atoms with Crippen LogP contribution < -0.4 is 5.32 Å². The molecule has 0 aliphatic carbocycles. The van der Waals surface area contributed by atoms with Crippen LogP contribution in [-0.2, 0) is 10.5 Å². The number of carbonyl (C=O) groups is 1. The summed E-state index contributed by atoms with van der Waals surface area (Å²) in [6.45, 7) is 6.51. The summed E-state index contributed by atoms with van der Waals surface area (Å²) in [6.07, 6.45) is 3.90. The molecule has 118 valence electrons. The van der Waals surface area contributed by atoms with Crippen molar-refractivity contribution >= 4 is 6.09 Å². The molecule has 1 heterocycles. The molecule has 5 nitrogen and oxygen atoms in total. The van der Waals surface area contributed by atoms with E-state index < -0.39 is 11.8 Å². The van der Waals surface area contributed by atoms with Crippen molar-refractivity contribution in [3.63, 3.8) is 0 Å². The Hall–Kier alpha value is -1.62. The average Bonchev–Trinajstić information content (AvgIpc) is 2.46. The topological polar surface area (TPSA) is 71.5 Å². The quantitative estimate of drug-likeness (QED) is 0.570. The van der Waals surface area contributed by atoms with Crippen LogP contribution in [0.25, 0.3) is 0 Å². The number of nitrogens with one attached hydrogen (secondary N) is 1. The Morgan fingerprint density at radius 1 is 1.48 bits per heavy atom. The summed E-state index contributed by atoms with van der Waals surface area (Å²) in [4.78, 5) is 16.0. The SMILES string of the molecule is CCCCOC(=O)N[C@](O)(CCC(C)C)c1ccccn1. The van der Waals surface area contributed by atoms with Crippen LogP contribution in [0, 0.1) is 5.92 Å². The number of unbranched alkanes of at least 4 members (excludes halogenated alkanes) is 1. The van der Waals surface area contributed by atoms with Gasteiger partial charge in [-0.1, -0.05) is 33.3 Å². The predicted octanol–water partition coefficient (Wildman–Crippen LogP) is 3.19. The minimum absolute atomic E-state index is 0.352. The molecule has 21 heavy (non-hydrogen) atoms. The lowest BCUT2D eigenvalue weighted by molar-refractivity contribution is -0.0163. The number of amides is 1. The van der Waals surface area contributed by atoms with Crippen molar-refractivity contribution in [2.24, 2.45) is 5.92 Å². The third kappa shape index (κ3) is 6.12. The van der Waals surface area contributed by atoms with Crippen LogP contribution in [-0.4, -0.2) is 22.8 Å². The molecule has 1 rings (SSSR count). The largest absolute Gasteiger partial charge is 0.449 e. The summed E-state index contributed by atoms with van der Waals surface area (Å²) < 4.78 is 5.07. The lowest BCUT2D eigenvalue weighted by Gasteiger charge is -2.29. The summed E-state index contributed by atoms with van der Waals surface area (Å²) in [7, 11) is 0. The van der Waals surface area contributed by atoms with E-state index in [9.17, 15) is 9.90 Å². The van der Waals surface area contributed by atoms with Gasteiger partial charge in [0.15, 0.2) is 5.72 Å². The number of nitrogens with zero attached hydrogens (tertiary/aromatic N) is 1. The first-order chi connectivity index (χ1) is 9.98. The normalized spacial score (nSPS) is 13.8. The first-order valence-electron chi connectivity index (χ1n) is 7.56. The monoisotopic (exact) mass is 294 g/mol. The van der Waals surface area contributed by atoms with Gasteiger partial charge in [0.25, 0.3) is 0 Å². The fourth-order valence-electron chi connectivity index (χ4n) is 1.87. The van der Waals surface area contributed by atoms with Gasteiger partial charge in [0.2, 0.25) is 0 Å². The van der Waals surface area contributed by atoms with E-state index in [-0.39, 0.29) is 0 Å². The van der Waals surface area contributed by atoms with E-state index >= 15 is 0 Å². The fraction of sp³-hybridized carbons (Fsp3) is 0.625. The zero-order chi connectivity index (χ0) is 15.7. The van der Waals surface area contributed by atoms with Gasteiger partial charge in [-0.2, -0.15) is 0 Å². The Kier molecular flexibility index (Phi) is 7.15. The van der Waals surface area contributed by atoms with Crippen LogP contribution >= 0.6 is 0 Å². The molecule has 0 aromatic carbocycles. The number of ether oxygens (including phenoxy) is 1. The molecular formula is C16H26N2O3. The van der Waals surface area contributed by atoms with Crippen LogP contribution in [0.4, 0.5) is 4.79 Å². The molecule has 0 aliphatic rings. The number of hydrogen-bond acceptors (Lipinski definition) is 4. The predicted molar refractivity (Wildman–Crippen MR) is 81.6 cm³/mol. The van der Waals surface area contributed by atoms with Crippen LogP contribution in [0.15, 0.2) is 24.4 Å². The minimum atomic E-state index is -1.49. The van der Waals surface area contributed by atoms with Gasteiger partial charge in [0, 0.05) is 12.6 Å². The van der Waals surface area contributed by atoms with Gasteiger partial charge in [-0.05, 0) is 30.9 Å². The third-order valence-corrected chi connectivity index (χ3v) is 3.21. The van der Waals surface area contributed by atoms with Crippen molar-refractivity contribution < 1.29 is 14.6 Å². The Morgan fingerprint density at radius 3 is 2.81 bits per heavy atom. The smallest absolute Gasteiger partial charge is 0.409 e. The zero-order valence-corrected chi connectivity index (χ0v) is 13.1. The van der Waals surface area contributed by atoms with E-state index in [0.717, 1.165) is 19.3 Å². The molecule has 0 aliphatic heterocycles. The minimum Gasteiger partial charge on any atom is -0.449 e. The number of carbonyl (C=O) groups excluding carboxylic acids is 1. The third-order valence-electron chi connectivity index (χ3n) is 3.21. The van der Waals surface area contributed by atoms with E-state index in [4.69, 9.17) is 4.74 Å². The van der Waals surface area contributed by atoms with Crippen molar-refractivity contribution in [1.82, 2.24) is 10.3 Å². The first kappa shape index (κ1) is 17.4. The second-order valence-corrected chi connectivity index (χ2v) is 5.62. The van der Waals surface area contributed by atoms with Crippen LogP contribution in [0.3, 0.4) is 0 Å². The van der Waals surface area contributed by atoms with Gasteiger partial charge in [-0.15, -0.1) is 0 Å². The molecule has 0 radical (unpaired) electrons. The maximum atomic E-state index is 11.8. The van der Waals surface area contributed by atoms with Gasteiger partial charge in [-0.25, -0.2) is 4.79 Å². The van der Waals surface area contributed by atoms with Crippen molar-refractivity contribution in [3.8, 4) is 0 Å². The van der Waals surface area contributed by atoms with Gasteiger partial charge >= 0.3 is 6.09 Å². The number of hydrogen-bond donors (Lipinski definition) is 2. The Balaban J connectivity index is 2.75. The zero-order valence-electron chi connectivity index (χ0n) is 13.1. The molecule has 1 aromatic heterocycles. The molecule has 0 saturated carbocycles. The Bertz CT molecular complexity index is 423. The molecule has 0 unspecified atom stereocenters. The van der Waals surface area contributed by atoms with Crippen molar-refractivity contribution in [2.45, 2.75) is 52.2 Å². The molecule has 2 N–H and O–H groups in total. The molecule has 1 aromatic rings. The van der Waals surface area contributed by atoms with Crippen LogP contribution in [0.1, 0.15) is 52.1 Å². The molecule has 1 amide bonds. The van der Waals surface area contributed by atoms with Gasteiger partial charge in [-0.3, -0.25) is 10.3 Å². The van der Waals surface area contributed by atoms with E-state index in [0.29, 0.717) is 24.6 Å². The van der Waals surface area contributed by atoms with Crippen molar-refractivity contribution in [2.75, 3.05) is 6.61 Å². The molecule has 0 saturated heterocycles. The summed E-state index contributed by atoms with van der Waals surface area (Å²) in [5.41, 5.74) is -1.06. The summed E-state index contributed by atoms with van der Waals surface area (Å²) >= 11 is 0. The van der Waals surface area contributed by atoms with Crippen LogP contribution in [0.2, 0.25) is 0 Å². The van der Waals surface area contributed by atoms with Gasteiger partial charge < -0.3 is 9.84 Å². The molecule has 0 bridgehead atoms. The summed E-state index contributed by atoms with van der Waals surface area (Å²) in [6, 6.07) is 5.26. The van der Waals surface area contributed by atoms with Crippen molar-refractivity contribution in [3.05, 3.63) is 30.1 Å². The van der Waals surface area contributed by atoms with Gasteiger partial charge in [0.1, 0.15) is 0 Å². The number of alkyl carbamates (subject to hydrolysis) is 1. The van der Waals surface area contributed by atoms with E-state index in [1.165, 1.54) is 0 Å². The lowest BCUT2D eigenvalue weighted by atomic mass is 9.97. The summed E-state index contributed by atoms with van der Waals surface area (Å²) in [5.74, 6) is 0.415. The molecular weight excluding hydrogens is 268 g/mol. The second-order valence-electron chi connectivity index (χ2n) is 5.62. The first-order valence-corrected chi connectivity index (χ1v) is 7.56. The Labute approximate surface area is 126 Å². The van der Waals surface area contributed by atoms with E-state index in [1.807, 2.05) is 6.92 Å². The number of pyridine rings is 1. The fourth-order valence-corrected chi connectivity index (χ4v) is 1.87. The highest BCUT2D eigenvalue weighted by molar-refractivity contribution is 5.68. The highest BCUT2D eigenvalue weighted by Crippen LogP contribution is 2.24. The number of rotatable bonds is 8. The molecule has 0 spiro atoms. The maximum Gasteiger partial charge on any atom is 0.409 e. The van der Waals surface area contributed by atoms with Crippen molar-refractivity contribution in [1.29, 1.82) is 0 Å². The standard InChI is InChI=1S/C16H26N2O3/c1-4-5-12-21-15(19)18-16(20,10-9-13(2)3)14-8-6-7-11-17-14/h6-8,11,13,20H,4-5,9-10,12H2,1-3H3,(H,18,19)/t16-/m0/s1. The van der Waals surface area contributed by atoms with Gasteiger partial charge in [0.05, 0.1) is 12.3 Å². The van der Waals surface area contributed by atoms with E-state index in [2.05, 4.69) is 24.1 Å². The Morgan fingerprint density at radius 2 is 2.24 bits per heavy atom. The lowest BCUT2D eigenvalue weighted by Crippen LogP contribution is -2.47. The van der Waals surface area contributed by atoms with E-state index in [1.54, 1.807) is 24.4 Å². The average molecular weight is 294 g/mol. The highest BCUT2D eigenvalue weighted by Gasteiger charge is 2.33. The molecule has 1 atom stereocenters. The highest BCUT2D eigenvalue weighted by atomic mass is 16.6. The number of aliphatic hydroxyl groups is 1. The molecule has 0 fully saturated rings. The van der Waals surface area contributed by atoms with Crippen LogP contribution in [0.5, 0.6) is 0 Å².